The molecule has 0 radical (unpaired) electrons. The van der Waals surface area contributed by atoms with Crippen LogP contribution in [0.2, 0.25) is 0 Å². The second-order valence-electron chi connectivity index (χ2n) is 6.13. The first kappa shape index (κ1) is 14.3. The van der Waals surface area contributed by atoms with Gasteiger partial charge in [0.1, 0.15) is 11.6 Å². The van der Waals surface area contributed by atoms with Crippen LogP contribution in [-0.2, 0) is 17.6 Å². The first-order valence-electron chi connectivity index (χ1n) is 8.00. The predicted molar refractivity (Wildman–Crippen MR) is 82.5 cm³/mol. The molecule has 0 N–H and O–H groups in total. The van der Waals surface area contributed by atoms with Crippen molar-refractivity contribution in [2.75, 3.05) is 31.6 Å². The Morgan fingerprint density at radius 1 is 1.14 bits per heavy atom. The molecule has 1 fully saturated rings. The zero-order valence-corrected chi connectivity index (χ0v) is 13.1. The van der Waals surface area contributed by atoms with Crippen molar-refractivity contribution in [1.82, 2.24) is 14.9 Å². The van der Waals surface area contributed by atoms with E-state index in [-0.39, 0.29) is 0 Å². The fraction of sp³-hybridized carbons (Fsp3) is 0.688. The number of carbonyl (C=O) groups excluding carboxylic acids is 1. The van der Waals surface area contributed by atoms with Crippen LogP contribution in [0.25, 0.3) is 0 Å². The zero-order valence-electron chi connectivity index (χ0n) is 13.1. The molecule has 3 rings (SSSR count). The molecule has 1 aromatic heterocycles. The molecule has 2 heterocycles. The number of likely N-dealkylation sites (tertiary alicyclic amines) is 1. The molecule has 1 aromatic rings. The summed E-state index contributed by atoms with van der Waals surface area (Å²) in [6.45, 7) is 4.52. The van der Waals surface area contributed by atoms with Crippen molar-refractivity contribution in [3.63, 3.8) is 0 Å². The molecule has 0 unspecified atom stereocenters. The van der Waals surface area contributed by atoms with E-state index in [0.717, 1.165) is 50.5 Å². The van der Waals surface area contributed by atoms with Gasteiger partial charge in [-0.1, -0.05) is 0 Å². The number of fused-ring (bicyclic) bond motifs is 1. The summed E-state index contributed by atoms with van der Waals surface area (Å²) in [6, 6.07) is 0. The molecule has 114 valence electrons. The number of aryl methyl sites for hydroxylation is 2. The SMILES string of the molecule is Cc1nc2c(c(N(C)CCN3CCCC3=O)n1)CCCC2. The van der Waals surface area contributed by atoms with Gasteiger partial charge in [0.15, 0.2) is 0 Å². The third-order valence-electron chi connectivity index (χ3n) is 4.51. The molecule has 1 aliphatic heterocycles. The van der Waals surface area contributed by atoms with Gasteiger partial charge in [0.25, 0.3) is 0 Å². The largest absolute Gasteiger partial charge is 0.358 e. The maximum Gasteiger partial charge on any atom is 0.222 e. The summed E-state index contributed by atoms with van der Waals surface area (Å²) >= 11 is 0. The summed E-state index contributed by atoms with van der Waals surface area (Å²) in [4.78, 5) is 25.1. The summed E-state index contributed by atoms with van der Waals surface area (Å²) < 4.78 is 0. The second-order valence-corrected chi connectivity index (χ2v) is 6.13. The molecular weight excluding hydrogens is 264 g/mol. The van der Waals surface area contributed by atoms with E-state index >= 15 is 0 Å². The van der Waals surface area contributed by atoms with Crippen LogP contribution in [0, 0.1) is 6.92 Å². The summed E-state index contributed by atoms with van der Waals surface area (Å²) in [6.07, 6.45) is 6.33. The Kier molecular flexibility index (Phi) is 4.08. The van der Waals surface area contributed by atoms with Crippen molar-refractivity contribution in [2.45, 2.75) is 45.4 Å². The number of rotatable bonds is 4. The highest BCUT2D eigenvalue weighted by Gasteiger charge is 2.22. The van der Waals surface area contributed by atoms with Crippen LogP contribution in [0.1, 0.15) is 42.8 Å². The normalized spacial score (nSPS) is 18.0. The van der Waals surface area contributed by atoms with Gasteiger partial charge < -0.3 is 9.80 Å². The molecule has 2 aliphatic rings. The molecule has 0 bridgehead atoms. The number of amides is 1. The van der Waals surface area contributed by atoms with Crippen molar-refractivity contribution >= 4 is 11.7 Å². The first-order valence-corrected chi connectivity index (χ1v) is 8.00. The average Bonchev–Trinajstić information content (AvgIpc) is 2.89. The molecule has 0 spiro atoms. The van der Waals surface area contributed by atoms with Gasteiger partial charge in [0.05, 0.1) is 0 Å². The van der Waals surface area contributed by atoms with Crippen molar-refractivity contribution in [1.29, 1.82) is 0 Å². The quantitative estimate of drug-likeness (QED) is 0.846. The molecular formula is C16H24N4O. The first-order chi connectivity index (χ1) is 10.1. The Labute approximate surface area is 126 Å². The maximum absolute atomic E-state index is 11.7. The number of carbonyl (C=O) groups is 1. The lowest BCUT2D eigenvalue weighted by Gasteiger charge is -2.27. The molecule has 5 heteroatoms. The van der Waals surface area contributed by atoms with Crippen LogP contribution in [-0.4, -0.2) is 47.5 Å². The Morgan fingerprint density at radius 3 is 2.71 bits per heavy atom. The fourth-order valence-corrected chi connectivity index (χ4v) is 3.33. The van der Waals surface area contributed by atoms with E-state index in [0.29, 0.717) is 12.3 Å². The van der Waals surface area contributed by atoms with E-state index in [2.05, 4.69) is 21.9 Å². The number of anilines is 1. The van der Waals surface area contributed by atoms with E-state index in [1.54, 1.807) is 0 Å². The number of aromatic nitrogens is 2. The predicted octanol–water partition coefficient (Wildman–Crippen LogP) is 1.72. The van der Waals surface area contributed by atoms with E-state index < -0.39 is 0 Å². The molecule has 1 saturated heterocycles. The summed E-state index contributed by atoms with van der Waals surface area (Å²) in [5.41, 5.74) is 2.55. The van der Waals surface area contributed by atoms with E-state index in [4.69, 9.17) is 0 Å². The van der Waals surface area contributed by atoms with Crippen LogP contribution in [0.15, 0.2) is 0 Å². The number of hydrogen-bond acceptors (Lipinski definition) is 4. The Hall–Kier alpha value is -1.65. The van der Waals surface area contributed by atoms with Gasteiger partial charge in [0.2, 0.25) is 5.91 Å². The minimum absolute atomic E-state index is 0.296. The van der Waals surface area contributed by atoms with Crippen LogP contribution in [0.3, 0.4) is 0 Å². The molecule has 0 aromatic carbocycles. The molecule has 1 aliphatic carbocycles. The highest BCUT2D eigenvalue weighted by Crippen LogP contribution is 2.27. The Balaban J connectivity index is 1.73. The number of nitrogens with zero attached hydrogens (tertiary/aromatic N) is 4. The minimum atomic E-state index is 0.296. The van der Waals surface area contributed by atoms with E-state index in [1.807, 2.05) is 11.8 Å². The Morgan fingerprint density at radius 2 is 1.95 bits per heavy atom. The topological polar surface area (TPSA) is 49.3 Å². The second kappa shape index (κ2) is 6.00. The summed E-state index contributed by atoms with van der Waals surface area (Å²) in [5, 5.41) is 0. The number of likely N-dealkylation sites (N-methyl/N-ethyl adjacent to an activating group) is 1. The van der Waals surface area contributed by atoms with Crippen molar-refractivity contribution < 1.29 is 4.79 Å². The molecule has 0 atom stereocenters. The van der Waals surface area contributed by atoms with Crippen molar-refractivity contribution in [3.8, 4) is 0 Å². The highest BCUT2D eigenvalue weighted by atomic mass is 16.2. The van der Waals surface area contributed by atoms with Gasteiger partial charge in [-0.2, -0.15) is 0 Å². The van der Waals surface area contributed by atoms with Gasteiger partial charge in [-0.15, -0.1) is 0 Å². The molecule has 1 amide bonds. The standard InChI is InChI=1S/C16H24N4O/c1-12-17-14-7-4-3-6-13(14)16(18-12)19(2)10-11-20-9-5-8-15(20)21/h3-11H2,1-2H3. The third-order valence-corrected chi connectivity index (χ3v) is 4.51. The van der Waals surface area contributed by atoms with Crippen LogP contribution in [0.4, 0.5) is 5.82 Å². The molecule has 5 nitrogen and oxygen atoms in total. The highest BCUT2D eigenvalue weighted by molar-refractivity contribution is 5.78. The van der Waals surface area contributed by atoms with Gasteiger partial charge in [-0.05, 0) is 39.0 Å². The minimum Gasteiger partial charge on any atom is -0.358 e. The maximum atomic E-state index is 11.7. The van der Waals surface area contributed by atoms with Gasteiger partial charge in [-0.25, -0.2) is 9.97 Å². The van der Waals surface area contributed by atoms with Crippen LogP contribution < -0.4 is 4.90 Å². The Bertz CT molecular complexity index is 543. The lowest BCUT2D eigenvalue weighted by atomic mass is 9.96. The smallest absolute Gasteiger partial charge is 0.222 e. The van der Waals surface area contributed by atoms with E-state index in [1.165, 1.54) is 24.1 Å². The van der Waals surface area contributed by atoms with Gasteiger partial charge in [-0.3, -0.25) is 4.79 Å². The van der Waals surface area contributed by atoms with Gasteiger partial charge in [0, 0.05) is 44.4 Å². The van der Waals surface area contributed by atoms with E-state index in [9.17, 15) is 4.79 Å². The van der Waals surface area contributed by atoms with Crippen molar-refractivity contribution in [2.24, 2.45) is 0 Å². The fourth-order valence-electron chi connectivity index (χ4n) is 3.33. The average molecular weight is 288 g/mol. The lowest BCUT2D eigenvalue weighted by molar-refractivity contribution is -0.127. The molecule has 0 saturated carbocycles. The molecule has 21 heavy (non-hydrogen) atoms. The monoisotopic (exact) mass is 288 g/mol. The zero-order chi connectivity index (χ0) is 14.8. The third kappa shape index (κ3) is 3.01. The number of hydrogen-bond donors (Lipinski definition) is 0. The van der Waals surface area contributed by atoms with Crippen LogP contribution >= 0.6 is 0 Å². The van der Waals surface area contributed by atoms with Crippen molar-refractivity contribution in [3.05, 3.63) is 17.1 Å². The summed E-state index contributed by atoms with van der Waals surface area (Å²) in [5.74, 6) is 2.22. The van der Waals surface area contributed by atoms with Gasteiger partial charge >= 0.3 is 0 Å². The summed E-state index contributed by atoms with van der Waals surface area (Å²) in [7, 11) is 2.08. The van der Waals surface area contributed by atoms with Crippen LogP contribution in [0.5, 0.6) is 0 Å². The lowest BCUT2D eigenvalue weighted by Crippen LogP contribution is -2.35.